The highest BCUT2D eigenvalue weighted by atomic mass is 127. The maximum Gasteiger partial charge on any atom is 0.291 e. The van der Waals surface area contributed by atoms with Crippen molar-refractivity contribution >= 4 is 47.2 Å². The zero-order valence-corrected chi connectivity index (χ0v) is 18.4. The molecule has 0 fully saturated rings. The highest BCUT2D eigenvalue weighted by molar-refractivity contribution is 14.0. The van der Waals surface area contributed by atoms with Gasteiger partial charge in [0.25, 0.3) is 5.91 Å². The summed E-state index contributed by atoms with van der Waals surface area (Å²) in [5, 5.41) is 6.27. The minimum absolute atomic E-state index is 0. The number of benzene rings is 2. The van der Waals surface area contributed by atoms with E-state index in [1.165, 1.54) is 17.5 Å². The number of fused-ring (bicyclic) bond motifs is 1. The average Bonchev–Trinajstić information content (AvgIpc) is 3.39. The Hall–Kier alpha value is -2.81. The fourth-order valence-electron chi connectivity index (χ4n) is 3.39. The van der Waals surface area contributed by atoms with E-state index in [9.17, 15) is 4.79 Å². The number of nitrogens with zero attached hydrogens (tertiary/aromatic N) is 2. The summed E-state index contributed by atoms with van der Waals surface area (Å²) >= 11 is 0. The van der Waals surface area contributed by atoms with Gasteiger partial charge >= 0.3 is 0 Å². The van der Waals surface area contributed by atoms with Gasteiger partial charge in [-0.15, -0.1) is 24.0 Å². The van der Waals surface area contributed by atoms with Crippen molar-refractivity contribution in [3.8, 4) is 0 Å². The van der Waals surface area contributed by atoms with Crippen molar-refractivity contribution in [2.45, 2.75) is 13.0 Å². The molecule has 150 valence electrons. The summed E-state index contributed by atoms with van der Waals surface area (Å²) in [6, 6.07) is 19.5. The van der Waals surface area contributed by atoms with Gasteiger partial charge in [-0.3, -0.25) is 9.79 Å². The van der Waals surface area contributed by atoms with Crippen molar-refractivity contribution in [3.63, 3.8) is 0 Å². The van der Waals surface area contributed by atoms with Crippen LogP contribution in [0.5, 0.6) is 0 Å². The SMILES string of the molecule is CN=C(NCc1cccc(NC(=O)c2ccco2)c1)N1CCc2ccccc21.I. The van der Waals surface area contributed by atoms with E-state index in [0.717, 1.165) is 30.2 Å². The molecule has 0 spiro atoms. The fraction of sp³-hybridized carbons (Fsp3) is 0.182. The molecule has 1 aliphatic heterocycles. The van der Waals surface area contributed by atoms with E-state index >= 15 is 0 Å². The quantitative estimate of drug-likeness (QED) is 0.318. The number of rotatable bonds is 4. The molecule has 2 aromatic carbocycles. The number of halogens is 1. The van der Waals surface area contributed by atoms with Crippen molar-refractivity contribution in [2.24, 2.45) is 4.99 Å². The van der Waals surface area contributed by atoms with Crippen LogP contribution >= 0.6 is 24.0 Å². The van der Waals surface area contributed by atoms with Crippen LogP contribution in [0.2, 0.25) is 0 Å². The first-order valence-electron chi connectivity index (χ1n) is 9.24. The molecule has 1 aliphatic rings. The Bertz CT molecular complexity index is 1000. The molecule has 0 atom stereocenters. The predicted molar refractivity (Wildman–Crippen MR) is 126 cm³/mol. The first-order chi connectivity index (χ1) is 13.7. The molecular weight excluding hydrogens is 479 g/mol. The lowest BCUT2D eigenvalue weighted by molar-refractivity contribution is 0.0996. The van der Waals surface area contributed by atoms with Gasteiger partial charge in [-0.1, -0.05) is 30.3 Å². The Morgan fingerprint density at radius 3 is 2.79 bits per heavy atom. The van der Waals surface area contributed by atoms with E-state index < -0.39 is 0 Å². The summed E-state index contributed by atoms with van der Waals surface area (Å²) < 4.78 is 5.13. The van der Waals surface area contributed by atoms with Crippen molar-refractivity contribution < 1.29 is 9.21 Å². The second kappa shape index (κ2) is 9.60. The monoisotopic (exact) mass is 502 g/mol. The molecule has 6 nitrogen and oxygen atoms in total. The first kappa shape index (κ1) is 20.9. The van der Waals surface area contributed by atoms with E-state index in [4.69, 9.17) is 4.42 Å². The van der Waals surface area contributed by atoms with Crippen LogP contribution in [0.25, 0.3) is 0 Å². The van der Waals surface area contributed by atoms with Crippen LogP contribution in [0.3, 0.4) is 0 Å². The van der Waals surface area contributed by atoms with Crippen LogP contribution in [0.1, 0.15) is 21.7 Å². The Labute approximate surface area is 187 Å². The van der Waals surface area contributed by atoms with Gasteiger partial charge in [-0.25, -0.2) is 0 Å². The molecule has 0 unspecified atom stereocenters. The van der Waals surface area contributed by atoms with Crippen molar-refractivity contribution in [2.75, 3.05) is 23.8 Å². The number of furan rings is 1. The number of anilines is 2. The summed E-state index contributed by atoms with van der Waals surface area (Å²) in [7, 11) is 1.79. The summed E-state index contributed by atoms with van der Waals surface area (Å²) in [5.41, 5.74) is 4.32. The highest BCUT2D eigenvalue weighted by Gasteiger charge is 2.22. The Balaban J connectivity index is 0.00000240. The molecule has 0 saturated carbocycles. The van der Waals surface area contributed by atoms with E-state index in [2.05, 4.69) is 44.8 Å². The Morgan fingerprint density at radius 1 is 1.14 bits per heavy atom. The molecule has 2 heterocycles. The molecule has 0 radical (unpaired) electrons. The molecule has 1 amide bonds. The lowest BCUT2D eigenvalue weighted by atomic mass is 10.2. The largest absolute Gasteiger partial charge is 0.459 e. The van der Waals surface area contributed by atoms with Crippen molar-refractivity contribution in [1.29, 1.82) is 0 Å². The van der Waals surface area contributed by atoms with Crippen LogP contribution < -0.4 is 15.5 Å². The summed E-state index contributed by atoms with van der Waals surface area (Å²) in [6.45, 7) is 1.52. The van der Waals surface area contributed by atoms with Crippen LogP contribution in [0, 0.1) is 0 Å². The molecule has 0 bridgehead atoms. The van der Waals surface area contributed by atoms with Gasteiger partial charge in [0.05, 0.1) is 6.26 Å². The highest BCUT2D eigenvalue weighted by Crippen LogP contribution is 2.27. The van der Waals surface area contributed by atoms with Gasteiger partial charge in [0.2, 0.25) is 0 Å². The third-order valence-electron chi connectivity index (χ3n) is 4.74. The predicted octanol–water partition coefficient (Wildman–Crippen LogP) is 4.29. The lowest BCUT2D eigenvalue weighted by Crippen LogP contribution is -2.40. The molecule has 0 saturated heterocycles. The van der Waals surface area contributed by atoms with Crippen LogP contribution in [0.15, 0.2) is 76.3 Å². The summed E-state index contributed by atoms with van der Waals surface area (Å²) in [5.74, 6) is 0.867. The van der Waals surface area contributed by atoms with Gasteiger partial charge < -0.3 is 20.0 Å². The topological polar surface area (TPSA) is 69.9 Å². The number of carbonyl (C=O) groups excluding carboxylic acids is 1. The fourth-order valence-corrected chi connectivity index (χ4v) is 3.39. The Morgan fingerprint density at radius 2 is 2.00 bits per heavy atom. The normalized spacial score (nSPS) is 12.9. The smallest absolute Gasteiger partial charge is 0.291 e. The number of hydrogen-bond acceptors (Lipinski definition) is 3. The van der Waals surface area contributed by atoms with Gasteiger partial charge in [-0.05, 0) is 47.9 Å². The van der Waals surface area contributed by atoms with E-state index in [0.29, 0.717) is 6.54 Å². The second-order valence-electron chi connectivity index (χ2n) is 6.56. The number of para-hydroxylation sites is 1. The summed E-state index contributed by atoms with van der Waals surface area (Å²) in [4.78, 5) is 18.8. The van der Waals surface area contributed by atoms with Gasteiger partial charge in [0.1, 0.15) is 0 Å². The second-order valence-corrected chi connectivity index (χ2v) is 6.56. The summed E-state index contributed by atoms with van der Waals surface area (Å²) in [6.07, 6.45) is 2.50. The van der Waals surface area contributed by atoms with Crippen LogP contribution in [0.4, 0.5) is 11.4 Å². The molecule has 1 aromatic heterocycles. The van der Waals surface area contributed by atoms with Crippen molar-refractivity contribution in [1.82, 2.24) is 5.32 Å². The zero-order valence-electron chi connectivity index (χ0n) is 16.1. The standard InChI is InChI=1S/C22H22N4O2.HI/c1-23-22(26-12-11-17-7-2-3-9-19(17)26)24-15-16-6-4-8-18(14-16)25-21(27)20-10-5-13-28-20;/h2-10,13-14H,11-12,15H2,1H3,(H,23,24)(H,25,27);1H. The van der Waals surface area contributed by atoms with Crippen molar-refractivity contribution in [3.05, 3.63) is 83.8 Å². The van der Waals surface area contributed by atoms with Gasteiger partial charge in [0, 0.05) is 31.5 Å². The third-order valence-corrected chi connectivity index (χ3v) is 4.74. The number of amides is 1. The Kier molecular flexibility index (Phi) is 6.92. The molecule has 0 aliphatic carbocycles. The van der Waals surface area contributed by atoms with Gasteiger partial charge in [0.15, 0.2) is 11.7 Å². The lowest BCUT2D eigenvalue weighted by Gasteiger charge is -2.22. The molecule has 2 N–H and O–H groups in total. The number of nitrogens with one attached hydrogen (secondary N) is 2. The number of hydrogen-bond donors (Lipinski definition) is 2. The van der Waals surface area contributed by atoms with E-state index in [1.54, 1.807) is 19.2 Å². The molecule has 7 heteroatoms. The number of guanidine groups is 1. The van der Waals surface area contributed by atoms with E-state index in [-0.39, 0.29) is 35.6 Å². The minimum Gasteiger partial charge on any atom is -0.459 e. The molecule has 29 heavy (non-hydrogen) atoms. The minimum atomic E-state index is -0.264. The molecular formula is C22H23IN4O2. The maximum atomic E-state index is 12.1. The maximum absolute atomic E-state index is 12.1. The van der Waals surface area contributed by atoms with Crippen LogP contribution in [-0.4, -0.2) is 25.5 Å². The molecule has 3 aromatic rings. The number of aliphatic imine (C=N–C) groups is 1. The third kappa shape index (κ3) is 4.79. The van der Waals surface area contributed by atoms with Gasteiger partial charge in [-0.2, -0.15) is 0 Å². The van der Waals surface area contributed by atoms with E-state index in [1.807, 2.05) is 24.3 Å². The first-order valence-corrected chi connectivity index (χ1v) is 9.24. The average molecular weight is 502 g/mol. The van der Waals surface area contributed by atoms with Crippen LogP contribution in [-0.2, 0) is 13.0 Å². The number of carbonyl (C=O) groups is 1. The zero-order chi connectivity index (χ0) is 19.3. The molecule has 4 rings (SSSR count).